The Kier molecular flexibility index (Phi) is 4.09. The molecule has 0 radical (unpaired) electrons. The number of carboxylic acids is 1. The molecule has 1 N–H and O–H groups in total. The van der Waals surface area contributed by atoms with Gasteiger partial charge in [-0.2, -0.15) is 0 Å². The van der Waals surface area contributed by atoms with Crippen LogP contribution in [0.3, 0.4) is 0 Å². The number of aliphatic carboxylic acids is 1. The summed E-state index contributed by atoms with van der Waals surface area (Å²) in [6, 6.07) is 15.5. The molecule has 0 amide bonds. The topological polar surface area (TPSA) is 66.8 Å². The highest BCUT2D eigenvalue weighted by molar-refractivity contribution is 6.01. The monoisotopic (exact) mass is 349 g/mol. The molecule has 0 saturated carbocycles. The van der Waals surface area contributed by atoms with Crippen molar-refractivity contribution in [1.29, 1.82) is 0 Å². The highest BCUT2D eigenvalue weighted by Gasteiger charge is 2.49. The lowest BCUT2D eigenvalue weighted by Gasteiger charge is -2.51. The Morgan fingerprint density at radius 2 is 1.96 bits per heavy atom. The van der Waals surface area contributed by atoms with Gasteiger partial charge < -0.3 is 9.84 Å². The zero-order valence-electron chi connectivity index (χ0n) is 14.2. The average Bonchev–Trinajstić information content (AvgIpc) is 2.60. The third-order valence-electron chi connectivity index (χ3n) is 4.80. The predicted octanol–water partition coefficient (Wildman–Crippen LogP) is 3.00. The molecule has 0 aliphatic carbocycles. The summed E-state index contributed by atoms with van der Waals surface area (Å²) in [4.78, 5) is 25.5. The number of Topliss-reactive ketones (excluding diaryl/α,β-unsaturated/α-hetero) is 1. The Morgan fingerprint density at radius 1 is 1.19 bits per heavy atom. The number of ketones is 1. The molecule has 5 nitrogen and oxygen atoms in total. The number of hydrogen-bond donors (Lipinski definition) is 1. The lowest BCUT2D eigenvalue weighted by atomic mass is 9.83. The molecule has 0 atom stereocenters. The van der Waals surface area contributed by atoms with Crippen LogP contribution in [0.15, 0.2) is 54.6 Å². The van der Waals surface area contributed by atoms with E-state index in [1.807, 2.05) is 18.2 Å². The number of nitrogens with zero attached hydrogens (tertiary/aromatic N) is 1. The molecule has 1 saturated heterocycles. The summed E-state index contributed by atoms with van der Waals surface area (Å²) in [5.74, 6) is -0.374. The minimum absolute atomic E-state index is 0.0520. The minimum Gasteiger partial charge on any atom is -0.483 e. The molecule has 0 bridgehead atoms. The van der Waals surface area contributed by atoms with E-state index in [0.29, 0.717) is 23.3 Å². The Balaban J connectivity index is 1.46. The highest BCUT2D eigenvalue weighted by atomic mass is 16.5. The van der Waals surface area contributed by atoms with Crippen LogP contribution in [-0.4, -0.2) is 40.4 Å². The Hall–Kier alpha value is -2.92. The molecule has 0 aromatic heterocycles. The van der Waals surface area contributed by atoms with Crippen molar-refractivity contribution in [1.82, 2.24) is 4.90 Å². The van der Waals surface area contributed by atoms with Crippen molar-refractivity contribution in [2.45, 2.75) is 18.6 Å². The smallest absolute Gasteiger partial charge is 0.328 e. The van der Waals surface area contributed by atoms with E-state index in [1.165, 1.54) is 11.6 Å². The lowest BCUT2D eigenvalue weighted by molar-refractivity contribution is -0.131. The maximum absolute atomic E-state index is 12.6. The standard InChI is InChI=1S/C21H19NO4/c23-18-11-21(13-22(14-21)12-16-4-2-1-3-5-16)26-19-8-6-15(10-17(18)19)7-9-20(24)25/h1-10H,11-14H2,(H,24,25). The van der Waals surface area contributed by atoms with Crippen LogP contribution in [0, 0.1) is 0 Å². The van der Waals surface area contributed by atoms with Crippen LogP contribution in [0.2, 0.25) is 0 Å². The summed E-state index contributed by atoms with van der Waals surface area (Å²) >= 11 is 0. The molecule has 2 aromatic rings. The maximum atomic E-state index is 12.6. The zero-order chi connectivity index (χ0) is 18.1. The molecule has 132 valence electrons. The van der Waals surface area contributed by atoms with Gasteiger partial charge in [0.05, 0.1) is 12.0 Å². The first-order valence-electron chi connectivity index (χ1n) is 8.57. The fourth-order valence-corrected chi connectivity index (χ4v) is 3.68. The van der Waals surface area contributed by atoms with Crippen molar-refractivity contribution >= 4 is 17.8 Å². The van der Waals surface area contributed by atoms with Crippen LogP contribution < -0.4 is 4.74 Å². The molecule has 0 unspecified atom stereocenters. The fraction of sp³-hybridized carbons (Fsp3) is 0.238. The van der Waals surface area contributed by atoms with Crippen LogP contribution in [0.4, 0.5) is 0 Å². The van der Waals surface area contributed by atoms with Crippen molar-refractivity contribution in [2.24, 2.45) is 0 Å². The van der Waals surface area contributed by atoms with Gasteiger partial charge in [-0.15, -0.1) is 0 Å². The molecular formula is C21H19NO4. The first-order valence-corrected chi connectivity index (χ1v) is 8.57. The van der Waals surface area contributed by atoms with Gasteiger partial charge >= 0.3 is 5.97 Å². The van der Waals surface area contributed by atoms with Gasteiger partial charge in [0.25, 0.3) is 0 Å². The number of benzene rings is 2. The number of carbonyl (C=O) groups excluding carboxylic acids is 1. The van der Waals surface area contributed by atoms with Gasteiger partial charge in [-0.05, 0) is 29.3 Å². The fourth-order valence-electron chi connectivity index (χ4n) is 3.68. The van der Waals surface area contributed by atoms with Gasteiger partial charge in [0.1, 0.15) is 11.4 Å². The predicted molar refractivity (Wildman–Crippen MR) is 97.1 cm³/mol. The van der Waals surface area contributed by atoms with Crippen LogP contribution in [-0.2, 0) is 11.3 Å². The number of rotatable bonds is 4. The van der Waals surface area contributed by atoms with Crippen molar-refractivity contribution in [3.8, 4) is 5.75 Å². The molecule has 1 spiro atoms. The number of carboxylic acid groups (broad SMARTS) is 1. The lowest BCUT2D eigenvalue weighted by Crippen LogP contribution is -2.66. The van der Waals surface area contributed by atoms with Crippen molar-refractivity contribution in [2.75, 3.05) is 13.1 Å². The van der Waals surface area contributed by atoms with Crippen molar-refractivity contribution in [3.63, 3.8) is 0 Å². The second kappa shape index (κ2) is 6.42. The van der Waals surface area contributed by atoms with Crippen molar-refractivity contribution in [3.05, 3.63) is 71.3 Å². The van der Waals surface area contributed by atoms with E-state index in [-0.39, 0.29) is 5.78 Å². The summed E-state index contributed by atoms with van der Waals surface area (Å²) in [7, 11) is 0. The first-order chi connectivity index (χ1) is 12.5. The molecule has 26 heavy (non-hydrogen) atoms. The first kappa shape index (κ1) is 16.5. The summed E-state index contributed by atoms with van der Waals surface area (Å²) in [5, 5.41) is 8.72. The van der Waals surface area contributed by atoms with Gasteiger partial charge in [-0.25, -0.2) is 4.79 Å². The second-order valence-electron chi connectivity index (χ2n) is 6.94. The Labute approximate surface area is 151 Å². The van der Waals surface area contributed by atoms with E-state index in [1.54, 1.807) is 18.2 Å². The summed E-state index contributed by atoms with van der Waals surface area (Å²) < 4.78 is 6.17. The number of ether oxygens (including phenoxy) is 1. The minimum atomic E-state index is -1.02. The van der Waals surface area contributed by atoms with E-state index >= 15 is 0 Å². The number of likely N-dealkylation sites (tertiary alicyclic amines) is 1. The summed E-state index contributed by atoms with van der Waals surface area (Å²) in [6.45, 7) is 2.31. The Morgan fingerprint density at radius 3 is 2.69 bits per heavy atom. The summed E-state index contributed by atoms with van der Waals surface area (Å²) in [6.07, 6.45) is 2.90. The number of hydrogen-bond acceptors (Lipinski definition) is 4. The molecular weight excluding hydrogens is 330 g/mol. The molecule has 2 heterocycles. The van der Waals surface area contributed by atoms with Crippen molar-refractivity contribution < 1.29 is 19.4 Å². The average molecular weight is 349 g/mol. The number of carbonyl (C=O) groups is 2. The number of fused-ring (bicyclic) bond motifs is 1. The van der Waals surface area contributed by atoms with E-state index in [9.17, 15) is 9.59 Å². The molecule has 4 rings (SSSR count). The quantitative estimate of drug-likeness (QED) is 0.860. The largest absolute Gasteiger partial charge is 0.483 e. The van der Waals surface area contributed by atoms with Gasteiger partial charge in [0.2, 0.25) is 0 Å². The van der Waals surface area contributed by atoms with E-state index in [4.69, 9.17) is 9.84 Å². The van der Waals surface area contributed by atoms with E-state index < -0.39 is 11.6 Å². The SMILES string of the molecule is O=C(O)C=Cc1ccc2c(c1)C(=O)CC1(CN(Cc3ccccc3)C1)O2. The normalized spacial score (nSPS) is 18.4. The van der Waals surface area contributed by atoms with Crippen LogP contribution >= 0.6 is 0 Å². The molecule has 2 aromatic carbocycles. The Bertz CT molecular complexity index is 882. The third-order valence-corrected chi connectivity index (χ3v) is 4.80. The molecule has 2 aliphatic heterocycles. The zero-order valence-corrected chi connectivity index (χ0v) is 14.2. The van der Waals surface area contributed by atoms with Crippen LogP contribution in [0.1, 0.15) is 27.9 Å². The van der Waals surface area contributed by atoms with Gasteiger partial charge in [0.15, 0.2) is 5.78 Å². The second-order valence-corrected chi connectivity index (χ2v) is 6.94. The third kappa shape index (κ3) is 3.26. The van der Waals surface area contributed by atoms with Gasteiger partial charge in [0, 0.05) is 25.7 Å². The molecule has 1 fully saturated rings. The van der Waals surface area contributed by atoms with E-state index in [0.717, 1.165) is 25.7 Å². The van der Waals surface area contributed by atoms with Gasteiger partial charge in [-0.3, -0.25) is 9.69 Å². The maximum Gasteiger partial charge on any atom is 0.328 e. The highest BCUT2D eigenvalue weighted by Crippen LogP contribution is 2.39. The van der Waals surface area contributed by atoms with E-state index in [2.05, 4.69) is 17.0 Å². The van der Waals surface area contributed by atoms with Crippen LogP contribution in [0.25, 0.3) is 6.08 Å². The summed E-state index contributed by atoms with van der Waals surface area (Å²) in [5.41, 5.74) is 2.03. The molecule has 2 aliphatic rings. The van der Waals surface area contributed by atoms with Gasteiger partial charge in [-0.1, -0.05) is 36.4 Å². The molecule has 5 heteroatoms. The van der Waals surface area contributed by atoms with Crippen LogP contribution in [0.5, 0.6) is 5.75 Å².